The Morgan fingerprint density at radius 2 is 1.76 bits per heavy atom. The Hall–Kier alpha value is -1.71. The maximum atomic E-state index is 10.2. The van der Waals surface area contributed by atoms with Gasteiger partial charge in [0, 0.05) is 13.1 Å². The van der Waals surface area contributed by atoms with Crippen LogP contribution in [0.5, 0.6) is 5.75 Å². The second kappa shape index (κ2) is 8.11. The van der Waals surface area contributed by atoms with Gasteiger partial charge in [-0.25, -0.2) is 4.99 Å². The van der Waals surface area contributed by atoms with Crippen molar-refractivity contribution in [2.45, 2.75) is 58.9 Å². The van der Waals surface area contributed by atoms with Crippen molar-refractivity contribution in [2.24, 2.45) is 22.7 Å². The molecule has 4 atom stereocenters. The summed E-state index contributed by atoms with van der Waals surface area (Å²) in [5.41, 5.74) is 0.746. The monoisotopic (exact) mass is 343 g/mol. The highest BCUT2D eigenvalue weighted by atomic mass is 16.3. The first-order valence-corrected chi connectivity index (χ1v) is 9.90. The molecule has 1 aromatic carbocycles. The first kappa shape index (κ1) is 18.1. The lowest BCUT2D eigenvalue weighted by molar-refractivity contribution is 0.211. The first-order valence-electron chi connectivity index (χ1n) is 9.90. The summed E-state index contributed by atoms with van der Waals surface area (Å²) in [5, 5.41) is 13.6. The smallest absolute Gasteiger partial charge is 0.198 e. The van der Waals surface area contributed by atoms with E-state index in [1.54, 1.807) is 6.07 Å². The number of anilines is 1. The SMILES string of the molecule is CC1CC(C)CN(C(=NC2CCCCC2C)Nc2ccccc2O)C1. The molecule has 4 unspecified atom stereocenters. The second-order valence-electron chi connectivity index (χ2n) is 8.27. The average Bonchev–Trinajstić information content (AvgIpc) is 2.57. The van der Waals surface area contributed by atoms with Crippen LogP contribution in [0, 0.1) is 17.8 Å². The minimum atomic E-state index is 0.282. The van der Waals surface area contributed by atoms with E-state index in [-0.39, 0.29) is 5.75 Å². The first-order chi connectivity index (χ1) is 12.0. The van der Waals surface area contributed by atoms with Crippen LogP contribution in [-0.2, 0) is 0 Å². The van der Waals surface area contributed by atoms with Gasteiger partial charge in [-0.2, -0.15) is 0 Å². The van der Waals surface area contributed by atoms with E-state index in [0.29, 0.717) is 23.8 Å². The molecule has 25 heavy (non-hydrogen) atoms. The Kier molecular flexibility index (Phi) is 5.87. The Bertz CT molecular complexity index is 591. The Morgan fingerprint density at radius 1 is 1.08 bits per heavy atom. The zero-order valence-corrected chi connectivity index (χ0v) is 15.9. The van der Waals surface area contributed by atoms with E-state index in [4.69, 9.17) is 4.99 Å². The number of hydrogen-bond donors (Lipinski definition) is 2. The molecule has 0 aromatic heterocycles. The lowest BCUT2D eigenvalue weighted by Crippen LogP contribution is -2.46. The molecule has 0 radical (unpaired) electrons. The fourth-order valence-electron chi connectivity index (χ4n) is 4.37. The van der Waals surface area contributed by atoms with E-state index in [9.17, 15) is 5.11 Å². The van der Waals surface area contributed by atoms with Gasteiger partial charge in [-0.1, -0.05) is 45.7 Å². The van der Waals surface area contributed by atoms with Crippen LogP contribution in [0.15, 0.2) is 29.3 Å². The van der Waals surface area contributed by atoms with Gasteiger partial charge in [-0.3, -0.25) is 0 Å². The standard InChI is InChI=1S/C21H33N3O/c1-15-12-16(2)14-24(13-15)21(22-18-9-5-4-8-17(18)3)23-19-10-6-7-11-20(19)25/h6-7,10-11,15-18,25H,4-5,8-9,12-14H2,1-3H3,(H,22,23). The number of benzene rings is 1. The van der Waals surface area contributed by atoms with Gasteiger partial charge in [0.15, 0.2) is 5.96 Å². The molecule has 1 aromatic rings. The van der Waals surface area contributed by atoms with Crippen LogP contribution in [0.3, 0.4) is 0 Å². The molecule has 1 saturated heterocycles. The van der Waals surface area contributed by atoms with Crippen LogP contribution in [0.2, 0.25) is 0 Å². The number of aromatic hydroxyl groups is 1. The molecule has 1 saturated carbocycles. The summed E-state index contributed by atoms with van der Waals surface area (Å²) in [6.07, 6.45) is 6.32. The Balaban J connectivity index is 1.86. The van der Waals surface area contributed by atoms with Crippen molar-refractivity contribution in [3.8, 4) is 5.75 Å². The van der Waals surface area contributed by atoms with Crippen molar-refractivity contribution >= 4 is 11.6 Å². The van der Waals surface area contributed by atoms with Crippen LogP contribution in [-0.4, -0.2) is 35.1 Å². The number of phenols is 1. The molecular weight excluding hydrogens is 310 g/mol. The summed E-state index contributed by atoms with van der Waals surface area (Å²) >= 11 is 0. The summed E-state index contributed by atoms with van der Waals surface area (Å²) in [4.78, 5) is 7.56. The minimum Gasteiger partial charge on any atom is -0.506 e. The van der Waals surface area contributed by atoms with Crippen LogP contribution in [0.1, 0.15) is 52.9 Å². The fourth-order valence-corrected chi connectivity index (χ4v) is 4.37. The van der Waals surface area contributed by atoms with Gasteiger partial charge in [0.05, 0.1) is 11.7 Å². The molecule has 138 valence electrons. The molecule has 4 heteroatoms. The van der Waals surface area contributed by atoms with Gasteiger partial charge in [-0.15, -0.1) is 0 Å². The third-order valence-corrected chi connectivity index (χ3v) is 5.67. The predicted octanol–water partition coefficient (Wildman–Crippen LogP) is 4.72. The second-order valence-corrected chi connectivity index (χ2v) is 8.27. The largest absolute Gasteiger partial charge is 0.506 e. The van der Waals surface area contributed by atoms with Crippen molar-refractivity contribution in [3.63, 3.8) is 0 Å². The highest BCUT2D eigenvalue weighted by Crippen LogP contribution is 2.29. The number of rotatable bonds is 2. The molecule has 2 N–H and O–H groups in total. The predicted molar refractivity (Wildman–Crippen MR) is 105 cm³/mol. The van der Waals surface area contributed by atoms with Crippen molar-refractivity contribution in [1.29, 1.82) is 0 Å². The quantitative estimate of drug-likeness (QED) is 0.464. The molecule has 2 fully saturated rings. The Labute approximate surface area is 152 Å². The molecule has 0 spiro atoms. The average molecular weight is 344 g/mol. The van der Waals surface area contributed by atoms with Gasteiger partial charge in [0.25, 0.3) is 0 Å². The highest BCUT2D eigenvalue weighted by molar-refractivity contribution is 5.95. The van der Waals surface area contributed by atoms with Crippen LogP contribution >= 0.6 is 0 Å². The summed E-state index contributed by atoms with van der Waals surface area (Å²) < 4.78 is 0. The zero-order valence-electron chi connectivity index (χ0n) is 15.9. The van der Waals surface area contributed by atoms with E-state index >= 15 is 0 Å². The highest BCUT2D eigenvalue weighted by Gasteiger charge is 2.27. The molecule has 0 amide bonds. The zero-order chi connectivity index (χ0) is 17.8. The molecule has 1 heterocycles. The van der Waals surface area contributed by atoms with E-state index in [2.05, 4.69) is 31.0 Å². The van der Waals surface area contributed by atoms with Crippen LogP contribution in [0.4, 0.5) is 5.69 Å². The van der Waals surface area contributed by atoms with Crippen molar-refractivity contribution in [2.75, 3.05) is 18.4 Å². The normalized spacial score (nSPS) is 31.0. The Morgan fingerprint density at radius 3 is 2.44 bits per heavy atom. The van der Waals surface area contributed by atoms with E-state index in [0.717, 1.165) is 24.7 Å². The van der Waals surface area contributed by atoms with Crippen LogP contribution < -0.4 is 5.32 Å². The minimum absolute atomic E-state index is 0.282. The number of phenolic OH excluding ortho intramolecular Hbond substituents is 1. The number of piperidine rings is 1. The lowest BCUT2D eigenvalue weighted by atomic mass is 9.86. The van der Waals surface area contributed by atoms with E-state index in [1.807, 2.05) is 18.2 Å². The lowest BCUT2D eigenvalue weighted by Gasteiger charge is -2.38. The van der Waals surface area contributed by atoms with E-state index < -0.39 is 0 Å². The summed E-state index contributed by atoms with van der Waals surface area (Å²) in [5.74, 6) is 3.20. The van der Waals surface area contributed by atoms with Gasteiger partial charge < -0.3 is 15.3 Å². The number of hydrogen-bond acceptors (Lipinski definition) is 2. The van der Waals surface area contributed by atoms with Crippen LogP contribution in [0.25, 0.3) is 0 Å². The van der Waals surface area contributed by atoms with E-state index in [1.165, 1.54) is 32.1 Å². The fraction of sp³-hybridized carbons (Fsp3) is 0.667. The molecule has 2 aliphatic rings. The molecule has 0 bridgehead atoms. The molecular formula is C21H33N3O. The maximum absolute atomic E-state index is 10.2. The molecule has 4 nitrogen and oxygen atoms in total. The van der Waals surface area contributed by atoms with Gasteiger partial charge in [0.1, 0.15) is 5.75 Å². The number of aliphatic imine (C=N–C) groups is 1. The van der Waals surface area contributed by atoms with Crippen molar-refractivity contribution in [3.05, 3.63) is 24.3 Å². The maximum Gasteiger partial charge on any atom is 0.198 e. The summed E-state index contributed by atoms with van der Waals surface area (Å²) in [7, 11) is 0. The third-order valence-electron chi connectivity index (χ3n) is 5.67. The summed E-state index contributed by atoms with van der Waals surface area (Å²) in [6, 6.07) is 7.83. The number of likely N-dealkylation sites (tertiary alicyclic amines) is 1. The number of nitrogens with one attached hydrogen (secondary N) is 1. The van der Waals surface area contributed by atoms with Crippen molar-refractivity contribution < 1.29 is 5.11 Å². The number of guanidine groups is 1. The molecule has 3 rings (SSSR count). The molecule has 1 aliphatic heterocycles. The van der Waals surface area contributed by atoms with Gasteiger partial charge in [-0.05, 0) is 49.1 Å². The topological polar surface area (TPSA) is 47.9 Å². The van der Waals surface area contributed by atoms with Gasteiger partial charge >= 0.3 is 0 Å². The van der Waals surface area contributed by atoms with Crippen molar-refractivity contribution in [1.82, 2.24) is 4.90 Å². The third kappa shape index (κ3) is 4.68. The van der Waals surface area contributed by atoms with Gasteiger partial charge in [0.2, 0.25) is 0 Å². The number of para-hydroxylation sites is 2. The summed E-state index contributed by atoms with van der Waals surface area (Å²) in [6.45, 7) is 9.04. The number of nitrogens with zero attached hydrogens (tertiary/aromatic N) is 2. The molecule has 1 aliphatic carbocycles.